The van der Waals surface area contributed by atoms with Crippen LogP contribution in [0.15, 0.2) is 24.3 Å². The van der Waals surface area contributed by atoms with Crippen LogP contribution in [-0.4, -0.2) is 30.4 Å². The molecule has 0 aromatic heterocycles. The zero-order chi connectivity index (χ0) is 11.3. The first-order chi connectivity index (χ1) is 7.17. The molecule has 15 heavy (non-hydrogen) atoms. The first-order valence-electron chi connectivity index (χ1n) is 4.57. The molecule has 1 aromatic rings. The molecule has 5 heteroatoms. The average Bonchev–Trinajstić information content (AvgIpc) is 2.29. The average molecular weight is 228 g/mol. The fourth-order valence-corrected chi connectivity index (χ4v) is 2.43. The van der Waals surface area contributed by atoms with E-state index in [1.807, 2.05) is 31.2 Å². The van der Waals surface area contributed by atoms with Gasteiger partial charge in [0.1, 0.15) is 5.75 Å². The van der Waals surface area contributed by atoms with Crippen LogP contribution in [0, 0.1) is 6.92 Å². The monoisotopic (exact) mass is 228 g/mol. The smallest absolute Gasteiger partial charge is 0.480 e. The lowest BCUT2D eigenvalue weighted by Gasteiger charge is -2.24. The maximum Gasteiger partial charge on any atom is 0.748 e. The van der Waals surface area contributed by atoms with E-state index in [-0.39, 0.29) is 0 Å². The summed E-state index contributed by atoms with van der Waals surface area (Å²) in [6.45, 7) is 1.95. The molecule has 0 bridgehead atoms. The van der Waals surface area contributed by atoms with Crippen LogP contribution in [0.2, 0.25) is 0 Å². The molecule has 0 amide bonds. The van der Waals surface area contributed by atoms with Gasteiger partial charge in [-0.05, 0) is 18.6 Å². The number of hydrogen-bond donors (Lipinski definition) is 0. The Bertz CT molecular complexity index is 304. The summed E-state index contributed by atoms with van der Waals surface area (Å²) in [5.74, 6) is 0.717. The van der Waals surface area contributed by atoms with Crippen LogP contribution >= 0.6 is 0 Å². The molecule has 0 radical (unpaired) electrons. The van der Waals surface area contributed by atoms with Crippen molar-refractivity contribution >= 4 is 9.05 Å². The van der Waals surface area contributed by atoms with Crippen molar-refractivity contribution in [3.8, 4) is 5.75 Å². The van der Waals surface area contributed by atoms with Crippen molar-refractivity contribution in [2.45, 2.75) is 6.92 Å². The fraction of sp³-hybridized carbons (Fsp3) is 0.400. The van der Waals surface area contributed by atoms with Crippen LogP contribution < -0.4 is 4.43 Å². The highest BCUT2D eigenvalue weighted by molar-refractivity contribution is 6.54. The van der Waals surface area contributed by atoms with Crippen molar-refractivity contribution in [3.05, 3.63) is 29.8 Å². The Morgan fingerprint density at radius 1 is 0.933 bits per heavy atom. The standard InChI is InChI=1S/C10H16O4Si/c1-9-7-5-6-8-10(9)14-15(11-2,12-3)13-4/h5-8H,1-4H3. The molecule has 0 N–H and O–H groups in total. The maximum absolute atomic E-state index is 5.65. The van der Waals surface area contributed by atoms with Crippen molar-refractivity contribution in [1.29, 1.82) is 0 Å². The van der Waals surface area contributed by atoms with Gasteiger partial charge in [0.2, 0.25) is 0 Å². The van der Waals surface area contributed by atoms with Gasteiger partial charge >= 0.3 is 9.05 Å². The predicted octanol–water partition coefficient (Wildman–Crippen LogP) is 1.75. The molecule has 1 rings (SSSR count). The van der Waals surface area contributed by atoms with Crippen molar-refractivity contribution in [2.24, 2.45) is 0 Å². The van der Waals surface area contributed by atoms with Crippen molar-refractivity contribution in [1.82, 2.24) is 0 Å². The van der Waals surface area contributed by atoms with Gasteiger partial charge in [-0.1, -0.05) is 18.2 Å². The second-order valence-electron chi connectivity index (χ2n) is 2.98. The van der Waals surface area contributed by atoms with Crippen LogP contribution in [0.25, 0.3) is 0 Å². The lowest BCUT2D eigenvalue weighted by molar-refractivity contribution is 0.0508. The fourth-order valence-electron chi connectivity index (χ4n) is 1.18. The van der Waals surface area contributed by atoms with E-state index in [9.17, 15) is 0 Å². The van der Waals surface area contributed by atoms with E-state index in [2.05, 4.69) is 0 Å². The molecular formula is C10H16O4Si. The van der Waals surface area contributed by atoms with Crippen LogP contribution in [0.5, 0.6) is 5.75 Å². The van der Waals surface area contributed by atoms with Crippen LogP contribution in [0.4, 0.5) is 0 Å². The highest BCUT2D eigenvalue weighted by atomic mass is 28.4. The molecule has 0 heterocycles. The summed E-state index contributed by atoms with van der Waals surface area (Å²) in [5.41, 5.74) is 1.01. The van der Waals surface area contributed by atoms with E-state index < -0.39 is 9.05 Å². The molecule has 4 nitrogen and oxygen atoms in total. The topological polar surface area (TPSA) is 36.9 Å². The summed E-state index contributed by atoms with van der Waals surface area (Å²) >= 11 is 0. The molecule has 0 aliphatic heterocycles. The Morgan fingerprint density at radius 2 is 1.47 bits per heavy atom. The Labute approximate surface area is 91.2 Å². The minimum absolute atomic E-state index is 0.717. The summed E-state index contributed by atoms with van der Waals surface area (Å²) in [6.07, 6.45) is 0. The molecule has 0 aliphatic rings. The normalized spacial score (nSPS) is 11.5. The van der Waals surface area contributed by atoms with E-state index in [1.54, 1.807) is 0 Å². The predicted molar refractivity (Wildman–Crippen MR) is 58.6 cm³/mol. The van der Waals surface area contributed by atoms with Crippen molar-refractivity contribution < 1.29 is 17.7 Å². The third-order valence-corrected chi connectivity index (χ3v) is 4.05. The maximum atomic E-state index is 5.65. The lowest BCUT2D eigenvalue weighted by Crippen LogP contribution is -2.49. The minimum atomic E-state index is -2.99. The molecule has 84 valence electrons. The second-order valence-corrected chi connectivity index (χ2v) is 5.41. The zero-order valence-corrected chi connectivity index (χ0v) is 10.4. The van der Waals surface area contributed by atoms with Gasteiger partial charge in [0.15, 0.2) is 0 Å². The molecule has 1 aromatic carbocycles. The Kier molecular flexibility index (Phi) is 4.28. The summed E-state index contributed by atoms with van der Waals surface area (Å²) in [6, 6.07) is 7.64. The lowest BCUT2D eigenvalue weighted by atomic mass is 10.2. The number of benzene rings is 1. The quantitative estimate of drug-likeness (QED) is 0.719. The van der Waals surface area contributed by atoms with Crippen LogP contribution in [0.1, 0.15) is 5.56 Å². The molecular weight excluding hydrogens is 212 g/mol. The van der Waals surface area contributed by atoms with Crippen molar-refractivity contribution in [3.63, 3.8) is 0 Å². The highest BCUT2D eigenvalue weighted by Crippen LogP contribution is 2.21. The van der Waals surface area contributed by atoms with Gasteiger partial charge in [0, 0.05) is 21.3 Å². The van der Waals surface area contributed by atoms with Crippen molar-refractivity contribution in [2.75, 3.05) is 21.3 Å². The minimum Gasteiger partial charge on any atom is -0.480 e. The van der Waals surface area contributed by atoms with E-state index >= 15 is 0 Å². The number of aryl methyl sites for hydroxylation is 1. The van der Waals surface area contributed by atoms with E-state index in [0.29, 0.717) is 0 Å². The van der Waals surface area contributed by atoms with Gasteiger partial charge in [-0.2, -0.15) is 0 Å². The van der Waals surface area contributed by atoms with Crippen LogP contribution in [0.3, 0.4) is 0 Å². The molecule has 0 unspecified atom stereocenters. The van der Waals surface area contributed by atoms with E-state index in [0.717, 1.165) is 11.3 Å². The molecule has 0 saturated heterocycles. The second kappa shape index (κ2) is 5.27. The number of hydrogen-bond acceptors (Lipinski definition) is 4. The molecule has 0 saturated carbocycles. The Balaban J connectivity index is 2.88. The number of rotatable bonds is 5. The SMILES string of the molecule is CO[Si](OC)(OC)Oc1ccccc1C. The van der Waals surface area contributed by atoms with Gasteiger partial charge in [0.05, 0.1) is 0 Å². The third-order valence-electron chi connectivity index (χ3n) is 2.08. The van der Waals surface area contributed by atoms with E-state index in [1.165, 1.54) is 21.3 Å². The summed E-state index contributed by atoms with van der Waals surface area (Å²) < 4.78 is 21.2. The van der Waals surface area contributed by atoms with Gasteiger partial charge in [-0.25, -0.2) is 0 Å². The molecule has 0 fully saturated rings. The van der Waals surface area contributed by atoms with Gasteiger partial charge < -0.3 is 17.7 Å². The first-order valence-corrected chi connectivity index (χ1v) is 6.21. The third kappa shape index (κ3) is 2.79. The van der Waals surface area contributed by atoms with E-state index in [4.69, 9.17) is 17.7 Å². The van der Waals surface area contributed by atoms with Gasteiger partial charge in [-0.3, -0.25) is 0 Å². The highest BCUT2D eigenvalue weighted by Gasteiger charge is 2.45. The first kappa shape index (κ1) is 12.2. The summed E-state index contributed by atoms with van der Waals surface area (Å²) in [4.78, 5) is 0. The zero-order valence-electron chi connectivity index (χ0n) is 9.44. The summed E-state index contributed by atoms with van der Waals surface area (Å²) in [5, 5.41) is 0. The largest absolute Gasteiger partial charge is 0.748 e. The van der Waals surface area contributed by atoms with Crippen LogP contribution in [-0.2, 0) is 13.3 Å². The molecule has 0 spiro atoms. The number of para-hydroxylation sites is 1. The molecule has 0 atom stereocenters. The Morgan fingerprint density at radius 3 is 1.93 bits per heavy atom. The van der Waals surface area contributed by atoms with Gasteiger partial charge in [-0.15, -0.1) is 0 Å². The summed E-state index contributed by atoms with van der Waals surface area (Å²) in [7, 11) is 1.54. The Hall–Kier alpha value is -0.883. The van der Waals surface area contributed by atoms with Gasteiger partial charge in [0.25, 0.3) is 0 Å². The molecule has 0 aliphatic carbocycles.